The van der Waals surface area contributed by atoms with Gasteiger partial charge in [0, 0.05) is 16.2 Å². The zero-order chi connectivity index (χ0) is 14.5. The first-order valence-corrected chi connectivity index (χ1v) is 6.01. The minimum atomic E-state index is -4.41. The smallest absolute Gasteiger partial charge is 0.405 e. The van der Waals surface area contributed by atoms with Crippen LogP contribution in [0.15, 0.2) is 22.7 Å². The predicted octanol–water partition coefficient (Wildman–Crippen LogP) is 2.55. The van der Waals surface area contributed by atoms with Gasteiger partial charge in [0.15, 0.2) is 0 Å². The van der Waals surface area contributed by atoms with Crippen molar-refractivity contribution < 1.29 is 22.7 Å². The van der Waals surface area contributed by atoms with Gasteiger partial charge in [-0.15, -0.1) is 0 Å². The Morgan fingerprint density at radius 3 is 2.63 bits per heavy atom. The lowest BCUT2D eigenvalue weighted by atomic mass is 10.3. The highest BCUT2D eigenvalue weighted by Gasteiger charge is 2.27. The van der Waals surface area contributed by atoms with Crippen molar-refractivity contribution in [3.63, 3.8) is 0 Å². The van der Waals surface area contributed by atoms with Crippen molar-refractivity contribution in [3.05, 3.63) is 22.7 Å². The number of amides is 1. The van der Waals surface area contributed by atoms with E-state index in [4.69, 9.17) is 4.74 Å². The minimum Gasteiger partial charge on any atom is -0.497 e. The van der Waals surface area contributed by atoms with Gasteiger partial charge < -0.3 is 15.4 Å². The molecule has 0 bridgehead atoms. The molecule has 0 atom stereocenters. The number of methoxy groups -OCH3 is 1. The number of anilines is 1. The van der Waals surface area contributed by atoms with Crippen LogP contribution in [0.4, 0.5) is 18.9 Å². The highest BCUT2D eigenvalue weighted by Crippen LogP contribution is 2.24. The molecule has 106 valence electrons. The lowest BCUT2D eigenvalue weighted by Crippen LogP contribution is -2.37. The van der Waals surface area contributed by atoms with E-state index in [2.05, 4.69) is 21.2 Å². The summed E-state index contributed by atoms with van der Waals surface area (Å²) in [6.45, 7) is -1.59. The first kappa shape index (κ1) is 15.6. The maximum absolute atomic E-state index is 11.9. The molecule has 1 amide bonds. The van der Waals surface area contributed by atoms with Gasteiger partial charge in [0.25, 0.3) is 0 Å². The first-order chi connectivity index (χ1) is 8.80. The topological polar surface area (TPSA) is 50.4 Å². The van der Waals surface area contributed by atoms with Gasteiger partial charge in [-0.2, -0.15) is 13.2 Å². The molecule has 0 heterocycles. The summed E-state index contributed by atoms with van der Waals surface area (Å²) in [6, 6.07) is 5.02. The van der Waals surface area contributed by atoms with Gasteiger partial charge in [-0.25, -0.2) is 0 Å². The van der Waals surface area contributed by atoms with Crippen LogP contribution in [0.25, 0.3) is 0 Å². The Balaban J connectivity index is 2.48. The molecule has 0 saturated heterocycles. The zero-order valence-electron chi connectivity index (χ0n) is 9.97. The Morgan fingerprint density at radius 1 is 1.37 bits per heavy atom. The van der Waals surface area contributed by atoms with Crippen molar-refractivity contribution >= 4 is 27.5 Å². The molecule has 8 heteroatoms. The van der Waals surface area contributed by atoms with Crippen LogP contribution in [0.2, 0.25) is 0 Å². The molecule has 0 fully saturated rings. The summed E-state index contributed by atoms with van der Waals surface area (Å²) in [7, 11) is 1.49. The quantitative estimate of drug-likeness (QED) is 0.866. The number of halogens is 4. The molecule has 2 N–H and O–H groups in total. The number of carbonyl (C=O) groups is 1. The Bertz CT molecular complexity index is 452. The highest BCUT2D eigenvalue weighted by atomic mass is 79.9. The van der Waals surface area contributed by atoms with Gasteiger partial charge in [-0.1, -0.05) is 15.9 Å². The largest absolute Gasteiger partial charge is 0.497 e. The summed E-state index contributed by atoms with van der Waals surface area (Å²) in [5.74, 6) is -0.177. The van der Waals surface area contributed by atoms with Crippen LogP contribution >= 0.6 is 15.9 Å². The van der Waals surface area contributed by atoms with Crippen molar-refractivity contribution in [1.82, 2.24) is 5.32 Å². The number of hydrogen-bond acceptors (Lipinski definition) is 3. The summed E-state index contributed by atoms with van der Waals surface area (Å²) >= 11 is 3.25. The van der Waals surface area contributed by atoms with Crippen molar-refractivity contribution in [2.75, 3.05) is 25.5 Å². The van der Waals surface area contributed by atoms with Crippen LogP contribution in [0.3, 0.4) is 0 Å². The van der Waals surface area contributed by atoms with Crippen LogP contribution in [-0.2, 0) is 4.79 Å². The third-order valence-corrected chi connectivity index (χ3v) is 2.50. The third-order valence-electron chi connectivity index (χ3n) is 2.05. The summed E-state index contributed by atoms with van der Waals surface area (Å²) in [4.78, 5) is 11.2. The Hall–Kier alpha value is -1.44. The SMILES string of the molecule is COc1cc(Br)cc(NCC(=O)NCC(F)(F)F)c1. The fourth-order valence-corrected chi connectivity index (χ4v) is 1.70. The van der Waals surface area contributed by atoms with Crippen LogP contribution in [0.5, 0.6) is 5.75 Å². The van der Waals surface area contributed by atoms with Crippen LogP contribution < -0.4 is 15.4 Å². The summed E-state index contributed by atoms with van der Waals surface area (Å²) in [6.07, 6.45) is -4.41. The Kier molecular flexibility index (Phi) is 5.46. The highest BCUT2D eigenvalue weighted by molar-refractivity contribution is 9.10. The normalized spacial score (nSPS) is 11.0. The van der Waals surface area contributed by atoms with Crippen molar-refractivity contribution in [2.24, 2.45) is 0 Å². The minimum absolute atomic E-state index is 0.254. The summed E-state index contributed by atoms with van der Waals surface area (Å²) in [5.41, 5.74) is 0.563. The summed E-state index contributed by atoms with van der Waals surface area (Å²) < 4.78 is 41.4. The number of nitrogens with one attached hydrogen (secondary N) is 2. The van der Waals surface area contributed by atoms with E-state index in [0.29, 0.717) is 11.4 Å². The molecule has 0 aliphatic heterocycles. The Morgan fingerprint density at radius 2 is 2.05 bits per heavy atom. The molecule has 0 spiro atoms. The molecule has 19 heavy (non-hydrogen) atoms. The van der Waals surface area contributed by atoms with E-state index >= 15 is 0 Å². The molecule has 0 aliphatic carbocycles. The molecular weight excluding hydrogens is 329 g/mol. The molecule has 0 saturated carbocycles. The maximum Gasteiger partial charge on any atom is 0.405 e. The number of hydrogen-bond donors (Lipinski definition) is 2. The molecule has 1 aromatic rings. The maximum atomic E-state index is 11.9. The fraction of sp³-hybridized carbons (Fsp3) is 0.364. The van der Waals surface area contributed by atoms with Crippen LogP contribution in [0, 0.1) is 0 Å². The zero-order valence-corrected chi connectivity index (χ0v) is 11.6. The van der Waals surface area contributed by atoms with Crippen LogP contribution in [-0.4, -0.2) is 32.3 Å². The molecule has 0 unspecified atom stereocenters. The lowest BCUT2D eigenvalue weighted by Gasteiger charge is -2.11. The van der Waals surface area contributed by atoms with E-state index in [0.717, 1.165) is 4.47 Å². The monoisotopic (exact) mass is 340 g/mol. The first-order valence-electron chi connectivity index (χ1n) is 5.22. The van der Waals surface area contributed by atoms with E-state index in [-0.39, 0.29) is 6.54 Å². The van der Waals surface area contributed by atoms with Crippen molar-refractivity contribution in [2.45, 2.75) is 6.18 Å². The van der Waals surface area contributed by atoms with Gasteiger partial charge >= 0.3 is 6.18 Å². The standard InChI is InChI=1S/C11H12BrF3N2O2/c1-19-9-3-7(12)2-8(4-9)16-5-10(18)17-6-11(13,14)15/h2-4,16H,5-6H2,1H3,(H,17,18). The number of benzene rings is 1. The van der Waals surface area contributed by atoms with E-state index in [9.17, 15) is 18.0 Å². The van der Waals surface area contributed by atoms with Gasteiger partial charge in [-0.3, -0.25) is 4.79 Å². The third kappa shape index (κ3) is 6.32. The second-order valence-corrected chi connectivity index (χ2v) is 4.54. The van der Waals surface area contributed by atoms with Crippen LogP contribution in [0.1, 0.15) is 0 Å². The van der Waals surface area contributed by atoms with Gasteiger partial charge in [-0.05, 0) is 12.1 Å². The number of rotatable bonds is 5. The molecule has 1 aromatic carbocycles. The van der Waals surface area contributed by atoms with E-state index < -0.39 is 18.6 Å². The van der Waals surface area contributed by atoms with Gasteiger partial charge in [0.1, 0.15) is 12.3 Å². The van der Waals surface area contributed by atoms with E-state index in [1.54, 1.807) is 23.5 Å². The number of alkyl halides is 3. The molecule has 0 aromatic heterocycles. The lowest BCUT2D eigenvalue weighted by molar-refractivity contribution is -0.137. The average molecular weight is 341 g/mol. The van der Waals surface area contributed by atoms with Crippen molar-refractivity contribution in [1.29, 1.82) is 0 Å². The second-order valence-electron chi connectivity index (χ2n) is 3.63. The Labute approximate surface area is 116 Å². The molecule has 0 radical (unpaired) electrons. The fourth-order valence-electron chi connectivity index (χ4n) is 1.23. The second kappa shape index (κ2) is 6.65. The predicted molar refractivity (Wildman–Crippen MR) is 68.2 cm³/mol. The molecule has 0 aliphatic rings. The summed E-state index contributed by atoms with van der Waals surface area (Å²) in [5, 5.41) is 4.47. The number of ether oxygens (including phenoxy) is 1. The average Bonchev–Trinajstić information content (AvgIpc) is 2.32. The molecule has 1 rings (SSSR count). The van der Waals surface area contributed by atoms with Gasteiger partial charge in [0.05, 0.1) is 13.7 Å². The van der Waals surface area contributed by atoms with Gasteiger partial charge in [0.2, 0.25) is 5.91 Å². The number of carbonyl (C=O) groups excluding carboxylic acids is 1. The van der Waals surface area contributed by atoms with Crippen molar-refractivity contribution in [3.8, 4) is 5.75 Å². The molecular formula is C11H12BrF3N2O2. The van der Waals surface area contributed by atoms with E-state index in [1.807, 2.05) is 0 Å². The molecule has 4 nitrogen and oxygen atoms in total. The van der Waals surface area contributed by atoms with E-state index in [1.165, 1.54) is 7.11 Å².